The fraction of sp³-hybridized carbons (Fsp3) is 0.594. The molecule has 0 saturated carbocycles. The van der Waals surface area contributed by atoms with Crippen molar-refractivity contribution in [2.24, 2.45) is 11.3 Å². The van der Waals surface area contributed by atoms with Gasteiger partial charge in [-0.2, -0.15) is 0 Å². The van der Waals surface area contributed by atoms with E-state index >= 15 is 0 Å². The van der Waals surface area contributed by atoms with E-state index < -0.39 is 9.04 Å². The van der Waals surface area contributed by atoms with Gasteiger partial charge >= 0.3 is 0 Å². The predicted molar refractivity (Wildman–Crippen MR) is 156 cm³/mol. The van der Waals surface area contributed by atoms with Crippen LogP contribution in [0.3, 0.4) is 0 Å². The fourth-order valence-corrected chi connectivity index (χ4v) is 8.25. The molecule has 37 heavy (non-hydrogen) atoms. The number of fused-ring (bicyclic) bond motifs is 3. The topological polar surface area (TPSA) is 32.8 Å². The number of hydrogen-bond donors (Lipinski definition) is 0. The van der Waals surface area contributed by atoms with Gasteiger partial charge in [-0.15, -0.1) is 0 Å². The van der Waals surface area contributed by atoms with Crippen LogP contribution in [0.25, 0.3) is 0 Å². The van der Waals surface area contributed by atoms with E-state index in [0.29, 0.717) is 11.3 Å². The summed E-state index contributed by atoms with van der Waals surface area (Å²) in [6.45, 7) is 15.1. The molecule has 2 unspecified atom stereocenters. The summed E-state index contributed by atoms with van der Waals surface area (Å²) in [7, 11) is -1.17. The molecule has 2 aliphatic heterocycles. The van der Waals surface area contributed by atoms with E-state index in [1.54, 1.807) is 11.1 Å². The van der Waals surface area contributed by atoms with E-state index in [0.717, 1.165) is 44.7 Å². The SMILES string of the molecule is C[SiH](C)OC(CCN1C(=O)C(CN2CCC3(CCc4ccccc43)CC2)Cc2ccccc21)C(C)(C)C. The summed E-state index contributed by atoms with van der Waals surface area (Å²) < 4.78 is 6.44. The van der Waals surface area contributed by atoms with Crippen molar-refractivity contribution >= 4 is 20.6 Å². The van der Waals surface area contributed by atoms with Crippen LogP contribution in [0.5, 0.6) is 0 Å². The van der Waals surface area contributed by atoms with Crippen LogP contribution in [-0.2, 0) is 27.5 Å². The summed E-state index contributed by atoms with van der Waals surface area (Å²) in [5, 5.41) is 0. The van der Waals surface area contributed by atoms with Crippen molar-refractivity contribution in [3.8, 4) is 0 Å². The van der Waals surface area contributed by atoms with E-state index in [2.05, 4.69) is 92.2 Å². The first-order valence-corrected chi connectivity index (χ1v) is 17.3. The van der Waals surface area contributed by atoms with Gasteiger partial charge in [-0.05, 0) is 98.3 Å². The quantitative estimate of drug-likeness (QED) is 0.423. The lowest BCUT2D eigenvalue weighted by Crippen LogP contribution is -2.50. The Morgan fingerprint density at radius 3 is 2.38 bits per heavy atom. The van der Waals surface area contributed by atoms with Crippen molar-refractivity contribution in [2.45, 2.75) is 83.9 Å². The zero-order valence-corrected chi connectivity index (χ0v) is 24.8. The van der Waals surface area contributed by atoms with Crippen LogP contribution in [0.4, 0.5) is 5.69 Å². The van der Waals surface area contributed by atoms with Gasteiger partial charge in [0.25, 0.3) is 0 Å². The van der Waals surface area contributed by atoms with Gasteiger partial charge in [-0.3, -0.25) is 4.79 Å². The van der Waals surface area contributed by atoms with Crippen molar-refractivity contribution in [1.29, 1.82) is 0 Å². The highest BCUT2D eigenvalue weighted by atomic mass is 28.3. The molecule has 1 aliphatic carbocycles. The average Bonchev–Trinajstić information content (AvgIpc) is 3.22. The molecule has 1 saturated heterocycles. The van der Waals surface area contributed by atoms with E-state index in [4.69, 9.17) is 4.43 Å². The molecule has 5 rings (SSSR count). The minimum atomic E-state index is -1.17. The molecule has 3 aliphatic rings. The Hall–Kier alpha value is -1.95. The number of nitrogens with zero attached hydrogens (tertiary/aromatic N) is 2. The van der Waals surface area contributed by atoms with Gasteiger partial charge < -0.3 is 14.2 Å². The molecule has 2 aromatic rings. The summed E-state index contributed by atoms with van der Waals surface area (Å²) in [5.74, 6) is 0.341. The summed E-state index contributed by atoms with van der Waals surface area (Å²) >= 11 is 0. The van der Waals surface area contributed by atoms with E-state index in [-0.39, 0.29) is 17.4 Å². The summed E-state index contributed by atoms with van der Waals surface area (Å²) in [6.07, 6.45) is 6.86. The van der Waals surface area contributed by atoms with Gasteiger partial charge in [0.1, 0.15) is 0 Å². The molecule has 2 aromatic carbocycles. The molecule has 5 heteroatoms. The molecule has 1 spiro atoms. The van der Waals surface area contributed by atoms with Crippen molar-refractivity contribution in [2.75, 3.05) is 31.1 Å². The number of anilines is 1. The molecule has 0 radical (unpaired) electrons. The molecular weight excluding hydrogens is 472 g/mol. The molecule has 1 fully saturated rings. The first kappa shape index (κ1) is 26.6. The van der Waals surface area contributed by atoms with E-state index in [1.807, 2.05) is 0 Å². The highest BCUT2D eigenvalue weighted by Gasteiger charge is 2.42. The van der Waals surface area contributed by atoms with E-state index in [1.165, 1.54) is 31.2 Å². The lowest BCUT2D eigenvalue weighted by molar-refractivity contribution is -0.123. The number of rotatable bonds is 7. The fourth-order valence-electron chi connectivity index (χ4n) is 7.05. The van der Waals surface area contributed by atoms with Crippen molar-refractivity contribution < 1.29 is 9.22 Å². The maximum absolute atomic E-state index is 13.9. The Morgan fingerprint density at radius 2 is 1.68 bits per heavy atom. The number of hydrogen-bond acceptors (Lipinski definition) is 3. The minimum absolute atomic E-state index is 0.0355. The number of benzene rings is 2. The number of carbonyl (C=O) groups excluding carboxylic acids is 1. The highest BCUT2D eigenvalue weighted by Crippen LogP contribution is 2.46. The van der Waals surface area contributed by atoms with Crippen LogP contribution >= 0.6 is 0 Å². The first-order chi connectivity index (χ1) is 17.7. The summed E-state index contributed by atoms with van der Waals surface area (Å²) in [4.78, 5) is 18.6. The van der Waals surface area contributed by atoms with Crippen molar-refractivity contribution in [1.82, 2.24) is 4.90 Å². The third-order valence-corrected chi connectivity index (χ3v) is 10.0. The van der Waals surface area contributed by atoms with E-state index in [9.17, 15) is 4.79 Å². The van der Waals surface area contributed by atoms with Crippen LogP contribution in [0.2, 0.25) is 13.1 Å². The van der Waals surface area contributed by atoms with Crippen molar-refractivity contribution in [3.63, 3.8) is 0 Å². The Labute approximate surface area is 226 Å². The van der Waals surface area contributed by atoms with Gasteiger partial charge in [0, 0.05) is 18.8 Å². The highest BCUT2D eigenvalue weighted by molar-refractivity contribution is 6.48. The maximum atomic E-state index is 13.9. The second-order valence-corrected chi connectivity index (χ2v) is 15.5. The third-order valence-electron chi connectivity index (χ3n) is 9.13. The van der Waals surface area contributed by atoms with Gasteiger partial charge in [0.05, 0.1) is 12.0 Å². The van der Waals surface area contributed by atoms with Crippen LogP contribution < -0.4 is 4.90 Å². The average molecular weight is 519 g/mol. The molecular formula is C32H46N2O2Si. The van der Waals surface area contributed by atoms with Gasteiger partial charge in [-0.25, -0.2) is 0 Å². The zero-order valence-electron chi connectivity index (χ0n) is 23.6. The second kappa shape index (κ2) is 10.7. The van der Waals surface area contributed by atoms with Gasteiger partial charge in [-0.1, -0.05) is 63.2 Å². The van der Waals surface area contributed by atoms with Crippen LogP contribution in [0.15, 0.2) is 48.5 Å². The number of carbonyl (C=O) groups is 1. The molecule has 2 atom stereocenters. The maximum Gasteiger partial charge on any atom is 0.231 e. The Balaban J connectivity index is 1.27. The molecule has 0 aromatic heterocycles. The smallest absolute Gasteiger partial charge is 0.231 e. The Bertz CT molecular complexity index is 1100. The minimum Gasteiger partial charge on any atom is -0.417 e. The lowest BCUT2D eigenvalue weighted by atomic mass is 9.73. The number of likely N-dealkylation sites (tertiary alicyclic amines) is 1. The number of amides is 1. The van der Waals surface area contributed by atoms with Crippen LogP contribution in [0.1, 0.15) is 63.1 Å². The second-order valence-electron chi connectivity index (χ2n) is 13.1. The van der Waals surface area contributed by atoms with Crippen molar-refractivity contribution in [3.05, 3.63) is 65.2 Å². The summed E-state index contributed by atoms with van der Waals surface area (Å²) in [6, 6.07) is 17.6. The largest absolute Gasteiger partial charge is 0.417 e. The molecule has 4 nitrogen and oxygen atoms in total. The predicted octanol–water partition coefficient (Wildman–Crippen LogP) is 5.98. The molecule has 0 bridgehead atoms. The molecule has 2 heterocycles. The zero-order chi connectivity index (χ0) is 26.2. The number of para-hydroxylation sites is 1. The third kappa shape index (κ3) is 5.60. The van der Waals surface area contributed by atoms with Gasteiger partial charge in [0.15, 0.2) is 9.04 Å². The molecule has 1 amide bonds. The Morgan fingerprint density at radius 1 is 1.00 bits per heavy atom. The first-order valence-electron chi connectivity index (χ1n) is 14.5. The normalized spacial score (nSPS) is 22.4. The van der Waals surface area contributed by atoms with Gasteiger partial charge in [0.2, 0.25) is 5.91 Å². The van der Waals surface area contributed by atoms with Crippen LogP contribution in [-0.4, -0.2) is 52.1 Å². The van der Waals surface area contributed by atoms with Crippen LogP contribution in [0, 0.1) is 11.3 Å². The number of piperidine rings is 1. The summed E-state index contributed by atoms with van der Waals surface area (Å²) in [5.41, 5.74) is 6.02. The number of aryl methyl sites for hydroxylation is 1. The lowest BCUT2D eigenvalue weighted by Gasteiger charge is -2.43. The Kier molecular flexibility index (Phi) is 7.68. The standard InChI is InChI=1S/C32H46N2O2Si/c1-31(2,3)29(36-37(4)5)15-19-34-28-13-9-7-11-25(28)22-26(30(34)35)23-33-20-17-32(18-21-33)16-14-24-10-6-8-12-27(24)32/h6-13,26,29,37H,14-23H2,1-5H3. The monoisotopic (exact) mass is 518 g/mol. The molecule has 200 valence electrons. The molecule has 0 N–H and O–H groups in total.